The second-order valence-corrected chi connectivity index (χ2v) is 5.82. The second kappa shape index (κ2) is 7.85. The molecular formula is C19H18ClN3O2. The average molecular weight is 356 g/mol. The van der Waals surface area contributed by atoms with Gasteiger partial charge in [-0.2, -0.15) is 5.10 Å². The Kier molecular flexibility index (Phi) is 5.36. The van der Waals surface area contributed by atoms with Crippen LogP contribution in [-0.4, -0.2) is 22.3 Å². The smallest absolute Gasteiger partial charge is 0.255 e. The molecule has 0 unspecified atom stereocenters. The monoisotopic (exact) mass is 355 g/mol. The summed E-state index contributed by atoms with van der Waals surface area (Å²) in [6.07, 6.45) is 3.60. The van der Waals surface area contributed by atoms with Gasteiger partial charge < -0.3 is 10.1 Å². The van der Waals surface area contributed by atoms with Crippen LogP contribution in [0.2, 0.25) is 5.02 Å². The van der Waals surface area contributed by atoms with E-state index in [2.05, 4.69) is 10.4 Å². The summed E-state index contributed by atoms with van der Waals surface area (Å²) in [4.78, 5) is 12.4. The van der Waals surface area contributed by atoms with Crippen molar-refractivity contribution in [3.63, 3.8) is 0 Å². The number of amides is 1. The van der Waals surface area contributed by atoms with E-state index in [0.717, 1.165) is 11.3 Å². The first kappa shape index (κ1) is 17.0. The van der Waals surface area contributed by atoms with E-state index < -0.39 is 0 Å². The molecule has 0 saturated heterocycles. The summed E-state index contributed by atoms with van der Waals surface area (Å²) < 4.78 is 7.24. The Balaban J connectivity index is 1.66. The Hall–Kier alpha value is -2.79. The highest BCUT2D eigenvalue weighted by Crippen LogP contribution is 2.18. The fraction of sp³-hybridized carbons (Fsp3) is 0.158. The van der Waals surface area contributed by atoms with Gasteiger partial charge in [-0.1, -0.05) is 23.7 Å². The summed E-state index contributed by atoms with van der Waals surface area (Å²) in [6, 6.07) is 14.6. The third-order valence-corrected chi connectivity index (χ3v) is 3.86. The van der Waals surface area contributed by atoms with Crippen LogP contribution in [0.5, 0.6) is 5.75 Å². The Morgan fingerprint density at radius 1 is 1.20 bits per heavy atom. The average Bonchev–Trinajstić information content (AvgIpc) is 3.10. The van der Waals surface area contributed by atoms with Crippen LogP contribution in [0.25, 0.3) is 5.69 Å². The summed E-state index contributed by atoms with van der Waals surface area (Å²) in [7, 11) is 0. The highest BCUT2D eigenvalue weighted by Gasteiger charge is 2.12. The summed E-state index contributed by atoms with van der Waals surface area (Å²) in [5.74, 6) is 0.405. The Bertz CT molecular complexity index is 859. The molecule has 128 valence electrons. The van der Waals surface area contributed by atoms with Crippen LogP contribution >= 0.6 is 11.6 Å². The number of halogens is 1. The Morgan fingerprint density at radius 3 is 2.72 bits per heavy atom. The molecule has 0 aliphatic carbocycles. The largest absolute Gasteiger partial charge is 0.493 e. The maximum absolute atomic E-state index is 12.4. The lowest BCUT2D eigenvalue weighted by Crippen LogP contribution is -2.23. The van der Waals surface area contributed by atoms with Crippen molar-refractivity contribution in [1.82, 2.24) is 15.1 Å². The third kappa shape index (κ3) is 4.19. The van der Waals surface area contributed by atoms with Crippen molar-refractivity contribution in [3.05, 3.63) is 77.1 Å². The maximum Gasteiger partial charge on any atom is 0.255 e. The minimum absolute atomic E-state index is 0.178. The minimum Gasteiger partial charge on any atom is -0.493 e. The van der Waals surface area contributed by atoms with Gasteiger partial charge in [-0.3, -0.25) is 4.79 Å². The molecule has 2 aromatic carbocycles. The van der Waals surface area contributed by atoms with Crippen molar-refractivity contribution in [3.8, 4) is 11.4 Å². The van der Waals surface area contributed by atoms with E-state index in [0.29, 0.717) is 29.5 Å². The van der Waals surface area contributed by atoms with Crippen molar-refractivity contribution < 1.29 is 9.53 Å². The highest BCUT2D eigenvalue weighted by atomic mass is 35.5. The van der Waals surface area contributed by atoms with Gasteiger partial charge in [0.05, 0.1) is 24.1 Å². The molecule has 0 fully saturated rings. The molecule has 6 heteroatoms. The van der Waals surface area contributed by atoms with E-state index >= 15 is 0 Å². The standard InChI is InChI=1S/C19H18ClN3O2/c1-2-25-18-6-4-3-5-17(18)19(24)21-11-14-12-22-23(13-14)16-9-7-15(20)8-10-16/h3-10,12-13H,2,11H2,1H3,(H,21,24). The summed E-state index contributed by atoms with van der Waals surface area (Å²) in [5, 5.41) is 7.88. The van der Waals surface area contributed by atoms with Gasteiger partial charge in [0.2, 0.25) is 0 Å². The molecule has 0 bridgehead atoms. The number of para-hydroxylation sites is 1. The topological polar surface area (TPSA) is 56.1 Å². The number of hydrogen-bond acceptors (Lipinski definition) is 3. The molecule has 0 aliphatic rings. The molecule has 0 aliphatic heterocycles. The first-order valence-electron chi connectivity index (χ1n) is 7.97. The Labute approximate surface area is 151 Å². The number of rotatable bonds is 6. The zero-order valence-corrected chi connectivity index (χ0v) is 14.5. The molecule has 0 spiro atoms. The molecule has 0 atom stereocenters. The molecule has 0 radical (unpaired) electrons. The van der Waals surface area contributed by atoms with Gasteiger partial charge in [0.1, 0.15) is 5.75 Å². The van der Waals surface area contributed by atoms with Gasteiger partial charge in [0.25, 0.3) is 5.91 Å². The molecule has 25 heavy (non-hydrogen) atoms. The molecule has 0 saturated carbocycles. The first-order valence-corrected chi connectivity index (χ1v) is 8.34. The van der Waals surface area contributed by atoms with Crippen molar-refractivity contribution in [2.75, 3.05) is 6.61 Å². The first-order chi connectivity index (χ1) is 12.2. The van der Waals surface area contributed by atoms with Crippen molar-refractivity contribution in [2.24, 2.45) is 0 Å². The molecular weight excluding hydrogens is 338 g/mol. The number of nitrogens with zero attached hydrogens (tertiary/aromatic N) is 2. The van der Waals surface area contributed by atoms with Crippen LogP contribution in [0, 0.1) is 0 Å². The van der Waals surface area contributed by atoms with E-state index in [4.69, 9.17) is 16.3 Å². The van der Waals surface area contributed by atoms with E-state index in [9.17, 15) is 4.79 Å². The quantitative estimate of drug-likeness (QED) is 0.730. The number of benzene rings is 2. The minimum atomic E-state index is -0.178. The molecule has 1 heterocycles. The van der Waals surface area contributed by atoms with Crippen LogP contribution in [-0.2, 0) is 6.54 Å². The SMILES string of the molecule is CCOc1ccccc1C(=O)NCc1cnn(-c2ccc(Cl)cc2)c1. The number of hydrogen-bond donors (Lipinski definition) is 1. The van der Waals surface area contributed by atoms with Crippen molar-refractivity contribution >= 4 is 17.5 Å². The van der Waals surface area contributed by atoms with Gasteiger partial charge in [-0.15, -0.1) is 0 Å². The van der Waals surface area contributed by atoms with Gasteiger partial charge in [-0.25, -0.2) is 4.68 Å². The molecule has 5 nitrogen and oxygen atoms in total. The summed E-state index contributed by atoms with van der Waals surface area (Å²) >= 11 is 5.89. The predicted molar refractivity (Wildman–Crippen MR) is 97.4 cm³/mol. The van der Waals surface area contributed by atoms with E-state index in [1.54, 1.807) is 23.0 Å². The van der Waals surface area contributed by atoms with Gasteiger partial charge in [0.15, 0.2) is 0 Å². The number of carbonyl (C=O) groups is 1. The molecule has 1 N–H and O–H groups in total. The zero-order valence-electron chi connectivity index (χ0n) is 13.8. The second-order valence-electron chi connectivity index (χ2n) is 5.38. The third-order valence-electron chi connectivity index (χ3n) is 3.61. The van der Waals surface area contributed by atoms with E-state index in [-0.39, 0.29) is 5.91 Å². The van der Waals surface area contributed by atoms with Crippen LogP contribution < -0.4 is 10.1 Å². The number of ether oxygens (including phenoxy) is 1. The van der Waals surface area contributed by atoms with Crippen LogP contribution in [0.1, 0.15) is 22.8 Å². The van der Waals surface area contributed by atoms with Crippen LogP contribution in [0.4, 0.5) is 0 Å². The fourth-order valence-corrected chi connectivity index (χ4v) is 2.53. The zero-order chi connectivity index (χ0) is 17.6. The predicted octanol–water partition coefficient (Wildman–Crippen LogP) is 3.85. The lowest BCUT2D eigenvalue weighted by Gasteiger charge is -2.09. The van der Waals surface area contributed by atoms with E-state index in [1.165, 1.54) is 0 Å². The van der Waals surface area contributed by atoms with Gasteiger partial charge in [0, 0.05) is 23.3 Å². The molecule has 3 aromatic rings. The molecule has 3 rings (SSSR count). The number of aromatic nitrogens is 2. The van der Waals surface area contributed by atoms with Crippen LogP contribution in [0.3, 0.4) is 0 Å². The summed E-state index contributed by atoms with van der Waals surface area (Å²) in [5.41, 5.74) is 2.33. The lowest BCUT2D eigenvalue weighted by atomic mass is 10.2. The number of nitrogens with one attached hydrogen (secondary N) is 1. The fourth-order valence-electron chi connectivity index (χ4n) is 2.40. The number of carbonyl (C=O) groups excluding carboxylic acids is 1. The summed E-state index contributed by atoms with van der Waals surface area (Å²) in [6.45, 7) is 2.78. The Morgan fingerprint density at radius 2 is 1.96 bits per heavy atom. The highest BCUT2D eigenvalue weighted by molar-refractivity contribution is 6.30. The molecule has 1 aromatic heterocycles. The van der Waals surface area contributed by atoms with Gasteiger partial charge >= 0.3 is 0 Å². The van der Waals surface area contributed by atoms with Crippen molar-refractivity contribution in [2.45, 2.75) is 13.5 Å². The van der Waals surface area contributed by atoms with Gasteiger partial charge in [-0.05, 0) is 43.3 Å². The van der Waals surface area contributed by atoms with Crippen molar-refractivity contribution in [1.29, 1.82) is 0 Å². The lowest BCUT2D eigenvalue weighted by molar-refractivity contribution is 0.0947. The maximum atomic E-state index is 12.4. The normalized spacial score (nSPS) is 10.5. The van der Waals surface area contributed by atoms with E-state index in [1.807, 2.05) is 49.5 Å². The van der Waals surface area contributed by atoms with Crippen LogP contribution in [0.15, 0.2) is 60.9 Å². The molecule has 1 amide bonds.